The van der Waals surface area contributed by atoms with Gasteiger partial charge in [0.1, 0.15) is 11.9 Å². The van der Waals surface area contributed by atoms with Crippen molar-refractivity contribution < 1.29 is 24.2 Å². The third-order valence-electron chi connectivity index (χ3n) is 21.2. The van der Waals surface area contributed by atoms with Crippen LogP contribution < -0.4 is 0 Å². The van der Waals surface area contributed by atoms with Gasteiger partial charge >= 0.3 is 11.9 Å². The van der Waals surface area contributed by atoms with Crippen LogP contribution in [0.4, 0.5) is 0 Å². The number of hydrogen-bond donors (Lipinski definition) is 1. The van der Waals surface area contributed by atoms with Crippen LogP contribution in [0.15, 0.2) is 12.4 Å². The number of esters is 1. The molecule has 0 aromatic carbocycles. The molecule has 1 aromatic heterocycles. The molecule has 8 heteroatoms. The van der Waals surface area contributed by atoms with Gasteiger partial charge in [-0.15, -0.1) is 0 Å². The fraction of sp³-hybridized carbons (Fsp3) is 0.880. The number of nitrogens with zero attached hydrogens (tertiary/aromatic N) is 3. The minimum absolute atomic E-state index is 0.144. The summed E-state index contributed by atoms with van der Waals surface area (Å²) in [5.74, 6) is 2.93. The van der Waals surface area contributed by atoms with Crippen molar-refractivity contribution in [1.82, 2.24) is 14.5 Å². The summed E-state index contributed by atoms with van der Waals surface area (Å²) in [5.41, 5.74) is -0.0436. The number of imidazole rings is 1. The molecular weight excluding hydrogens is 723 g/mol. The largest absolute Gasteiger partial charge is 0.481 e. The predicted octanol–water partition coefficient (Wildman–Crippen LogP) is 10.5. The second-order valence-corrected chi connectivity index (χ2v) is 24.3. The Labute approximate surface area is 349 Å². The van der Waals surface area contributed by atoms with Gasteiger partial charge in [-0.2, -0.15) is 0 Å². The van der Waals surface area contributed by atoms with Crippen LogP contribution in [0.3, 0.4) is 0 Å². The van der Waals surface area contributed by atoms with Crippen LogP contribution in [-0.4, -0.2) is 56.1 Å². The summed E-state index contributed by atoms with van der Waals surface area (Å²) >= 11 is 0. The van der Waals surface area contributed by atoms with Gasteiger partial charge in [-0.05, 0) is 153 Å². The Morgan fingerprint density at radius 1 is 0.793 bits per heavy atom. The molecular formula is C50H77N3O5. The normalized spacial score (nSPS) is 45.6. The fourth-order valence-electron chi connectivity index (χ4n) is 17.2. The van der Waals surface area contributed by atoms with Gasteiger partial charge in [0.05, 0.1) is 17.3 Å². The van der Waals surface area contributed by atoms with Crippen LogP contribution in [0.5, 0.6) is 0 Å². The van der Waals surface area contributed by atoms with Gasteiger partial charge in [0.25, 0.3) is 0 Å². The Morgan fingerprint density at radius 2 is 1.53 bits per heavy atom. The number of carboxylic acid groups (broad SMARTS) is 1. The lowest BCUT2D eigenvalue weighted by molar-refractivity contribution is -0.253. The standard InChI is InChI=1S/C50H77N3O5/c1-30(2)40-51-25-27-52(40)29-31-12-11-26-53(31)43(57)50-20-15-32(46(7)21-22-46)39(50)33-13-14-37-47(8)18-17-38(58-42(56)35-28-34(41(54)55)44(35,3)4)45(5,6)36(47)16-19-49(37,10)48(33,9)23-24-50/h25,27,30-39H,11-24,26,28-29H2,1-10H3,(H,54,55)/t31-,32+,33+,34-,35+,36-,37+,38-,39+,47-,48+,49+,50-/m0/s1. The summed E-state index contributed by atoms with van der Waals surface area (Å²) < 4.78 is 8.82. The number of ether oxygens (including phenoxy) is 1. The van der Waals surface area contributed by atoms with Gasteiger partial charge < -0.3 is 19.3 Å². The van der Waals surface area contributed by atoms with Crippen LogP contribution in [0, 0.1) is 79.3 Å². The SMILES string of the molecule is CC(C)c1nccn1C[C@@H]1CCCN1C(=O)[C@]12CC[C@@H](C3(C)CC3)[C@@H]1[C@H]1CC[C@@H]3[C@@]4(C)CC[C@H](OC(=O)[C@H]5C[C@@H](C(=O)O)C5(C)C)C(C)(C)[C@@H]4CC[C@@]3(C)[C@]1(C)CC2. The second kappa shape index (κ2) is 13.3. The molecule has 8 nitrogen and oxygen atoms in total. The molecule has 7 saturated carbocycles. The van der Waals surface area contributed by atoms with Crippen molar-refractivity contribution in [3.05, 3.63) is 18.2 Å². The van der Waals surface area contributed by atoms with E-state index in [4.69, 9.17) is 9.72 Å². The molecule has 1 aliphatic heterocycles. The molecule has 1 N–H and O–H groups in total. The van der Waals surface area contributed by atoms with Crippen LogP contribution in [-0.2, 0) is 25.7 Å². The maximum Gasteiger partial charge on any atom is 0.309 e. The lowest BCUT2D eigenvalue weighted by atomic mass is 9.32. The Hall–Kier alpha value is -2.38. The second-order valence-electron chi connectivity index (χ2n) is 24.3. The van der Waals surface area contributed by atoms with Crippen molar-refractivity contribution in [2.24, 2.45) is 79.3 Å². The van der Waals surface area contributed by atoms with Crippen molar-refractivity contribution in [2.75, 3.05) is 6.54 Å². The van der Waals surface area contributed by atoms with Crippen LogP contribution in [0.1, 0.15) is 177 Å². The Morgan fingerprint density at radius 3 is 2.21 bits per heavy atom. The first-order chi connectivity index (χ1) is 27.2. The number of carbonyl (C=O) groups excluding carboxylic acids is 2. The van der Waals surface area contributed by atoms with Crippen LogP contribution in [0.2, 0.25) is 0 Å². The predicted molar refractivity (Wildman–Crippen MR) is 225 cm³/mol. The third-order valence-corrected chi connectivity index (χ3v) is 21.2. The summed E-state index contributed by atoms with van der Waals surface area (Å²) in [6, 6.07) is 0.251. The van der Waals surface area contributed by atoms with Gasteiger partial charge in [-0.1, -0.05) is 69.2 Å². The first-order valence-corrected chi connectivity index (χ1v) is 23.9. The average molecular weight is 800 g/mol. The minimum atomic E-state index is -0.807. The number of hydrogen-bond acceptors (Lipinski definition) is 5. The number of carbonyl (C=O) groups is 3. The van der Waals surface area contributed by atoms with E-state index in [2.05, 4.69) is 71.1 Å². The van der Waals surface area contributed by atoms with E-state index in [0.717, 1.165) is 70.3 Å². The van der Waals surface area contributed by atoms with Crippen molar-refractivity contribution in [3.8, 4) is 0 Å². The average Bonchev–Trinajstić information content (AvgIpc) is 3.50. The Kier molecular flexibility index (Phi) is 9.41. The molecule has 2 heterocycles. The zero-order chi connectivity index (χ0) is 41.6. The molecule has 9 rings (SSSR count). The molecule has 0 spiro atoms. The van der Waals surface area contributed by atoms with Crippen LogP contribution >= 0.6 is 0 Å². The summed E-state index contributed by atoms with van der Waals surface area (Å²) in [5, 5.41) is 9.71. The van der Waals surface area contributed by atoms with Gasteiger partial charge in [0, 0.05) is 42.9 Å². The molecule has 1 saturated heterocycles. The molecule has 0 bridgehead atoms. The van der Waals surface area contributed by atoms with Gasteiger partial charge in [-0.3, -0.25) is 14.4 Å². The van der Waals surface area contributed by atoms with E-state index in [1.54, 1.807) is 0 Å². The maximum absolute atomic E-state index is 15.6. The lowest BCUT2D eigenvalue weighted by Crippen LogP contribution is -2.68. The first-order valence-electron chi connectivity index (χ1n) is 23.9. The smallest absolute Gasteiger partial charge is 0.309 e. The molecule has 0 radical (unpaired) electrons. The van der Waals surface area contributed by atoms with E-state index in [1.165, 1.54) is 38.5 Å². The number of fused-ring (bicyclic) bond motifs is 7. The zero-order valence-corrected chi connectivity index (χ0v) is 37.9. The summed E-state index contributed by atoms with van der Waals surface area (Å²) in [6.45, 7) is 25.4. The highest BCUT2D eigenvalue weighted by atomic mass is 16.5. The van der Waals surface area contributed by atoms with Crippen molar-refractivity contribution in [3.63, 3.8) is 0 Å². The van der Waals surface area contributed by atoms with E-state index in [1.807, 2.05) is 20.0 Å². The number of carboxylic acids is 1. The number of likely N-dealkylation sites (tertiary alicyclic amines) is 1. The summed E-state index contributed by atoms with van der Waals surface area (Å²) in [4.78, 5) is 48.2. The number of aromatic nitrogens is 2. The van der Waals surface area contributed by atoms with Crippen molar-refractivity contribution in [2.45, 2.75) is 190 Å². The summed E-state index contributed by atoms with van der Waals surface area (Å²) in [6.07, 6.45) is 20.4. The quantitative estimate of drug-likeness (QED) is 0.263. The Balaban J connectivity index is 0.974. The molecule has 1 amide bonds. The van der Waals surface area contributed by atoms with Gasteiger partial charge in [0.2, 0.25) is 5.91 Å². The van der Waals surface area contributed by atoms with E-state index in [-0.39, 0.29) is 51.1 Å². The number of amides is 1. The fourth-order valence-corrected chi connectivity index (χ4v) is 17.2. The molecule has 322 valence electrons. The number of aliphatic carboxylic acids is 1. The minimum Gasteiger partial charge on any atom is -0.481 e. The molecule has 13 atom stereocenters. The van der Waals surface area contributed by atoms with Crippen LogP contribution in [0.25, 0.3) is 0 Å². The molecule has 7 aliphatic carbocycles. The van der Waals surface area contributed by atoms with E-state index in [0.29, 0.717) is 53.3 Å². The molecule has 8 fully saturated rings. The zero-order valence-electron chi connectivity index (χ0n) is 37.9. The lowest BCUT2D eigenvalue weighted by Gasteiger charge is -2.73. The molecule has 1 aromatic rings. The Bertz CT molecular complexity index is 1830. The number of rotatable bonds is 8. The van der Waals surface area contributed by atoms with E-state index in [9.17, 15) is 14.7 Å². The van der Waals surface area contributed by atoms with Crippen molar-refractivity contribution >= 4 is 17.8 Å². The highest BCUT2D eigenvalue weighted by molar-refractivity contribution is 5.84. The third kappa shape index (κ3) is 5.55. The van der Waals surface area contributed by atoms with Gasteiger partial charge in [0.15, 0.2) is 0 Å². The van der Waals surface area contributed by atoms with Gasteiger partial charge in [-0.25, -0.2) is 4.98 Å². The highest BCUT2D eigenvalue weighted by Gasteiger charge is 2.74. The first kappa shape index (κ1) is 41.0. The van der Waals surface area contributed by atoms with E-state index >= 15 is 4.79 Å². The van der Waals surface area contributed by atoms with Crippen molar-refractivity contribution in [1.29, 1.82) is 0 Å². The molecule has 58 heavy (non-hydrogen) atoms. The maximum atomic E-state index is 15.6. The monoisotopic (exact) mass is 800 g/mol. The molecule has 8 aliphatic rings. The topological polar surface area (TPSA) is 102 Å². The van der Waals surface area contributed by atoms with E-state index < -0.39 is 17.3 Å². The molecule has 0 unspecified atom stereocenters. The highest BCUT2D eigenvalue weighted by Crippen LogP contribution is 2.79. The summed E-state index contributed by atoms with van der Waals surface area (Å²) in [7, 11) is 0.